The number of sulfonamides is 1. The van der Waals surface area contributed by atoms with Crippen LogP contribution in [0.4, 0.5) is 5.69 Å². The molecule has 8 nitrogen and oxygen atoms in total. The minimum absolute atomic E-state index is 0.00820. The number of nitrogens with one attached hydrogen (secondary N) is 1. The van der Waals surface area contributed by atoms with Crippen molar-refractivity contribution >= 4 is 21.7 Å². The van der Waals surface area contributed by atoms with Crippen molar-refractivity contribution < 1.29 is 22.9 Å². The van der Waals surface area contributed by atoms with Crippen LogP contribution >= 0.6 is 0 Å². The number of carbonyl (C=O) groups is 1. The minimum Gasteiger partial charge on any atom is -0.465 e. The van der Waals surface area contributed by atoms with Gasteiger partial charge in [-0.2, -0.15) is 4.72 Å². The van der Waals surface area contributed by atoms with Gasteiger partial charge in [0.05, 0.1) is 16.4 Å². The Bertz CT molecular complexity index is 626. The summed E-state index contributed by atoms with van der Waals surface area (Å²) in [6.45, 7) is 2.53. The van der Waals surface area contributed by atoms with E-state index in [4.69, 9.17) is 0 Å². The van der Waals surface area contributed by atoms with Gasteiger partial charge in [0, 0.05) is 11.6 Å². The maximum atomic E-state index is 12.0. The van der Waals surface area contributed by atoms with E-state index < -0.39 is 27.5 Å². The molecule has 0 aliphatic heterocycles. The van der Waals surface area contributed by atoms with Crippen LogP contribution in [0.25, 0.3) is 0 Å². The first-order chi connectivity index (χ1) is 9.29. The molecule has 0 fully saturated rings. The number of hydrogen-bond donors (Lipinski definition) is 1. The molecule has 1 aromatic rings. The number of rotatable bonds is 6. The topological polar surface area (TPSA) is 116 Å². The third-order valence-electron chi connectivity index (χ3n) is 2.45. The molecule has 0 atom stereocenters. The van der Waals surface area contributed by atoms with Crippen molar-refractivity contribution in [1.29, 1.82) is 0 Å². The van der Waals surface area contributed by atoms with Gasteiger partial charge in [-0.25, -0.2) is 8.42 Å². The molecule has 0 spiro atoms. The highest BCUT2D eigenvalue weighted by Crippen LogP contribution is 2.24. The smallest absolute Gasteiger partial charge is 0.321 e. The number of carbonyl (C=O) groups excluding carboxylic acids is 1. The van der Waals surface area contributed by atoms with Crippen LogP contribution in [0.5, 0.6) is 0 Å². The van der Waals surface area contributed by atoms with Gasteiger partial charge in [-0.1, -0.05) is 6.07 Å². The fourth-order valence-corrected chi connectivity index (χ4v) is 2.76. The van der Waals surface area contributed by atoms with Crippen molar-refractivity contribution in [2.75, 3.05) is 13.2 Å². The Labute approximate surface area is 115 Å². The Balaban J connectivity index is 3.02. The van der Waals surface area contributed by atoms with Gasteiger partial charge >= 0.3 is 5.97 Å². The molecule has 1 N–H and O–H groups in total. The zero-order chi connectivity index (χ0) is 15.3. The summed E-state index contributed by atoms with van der Waals surface area (Å²) in [4.78, 5) is 21.0. The third kappa shape index (κ3) is 3.75. The van der Waals surface area contributed by atoms with Crippen LogP contribution < -0.4 is 4.72 Å². The zero-order valence-corrected chi connectivity index (χ0v) is 11.8. The molecule has 0 aliphatic carbocycles. The summed E-state index contributed by atoms with van der Waals surface area (Å²) in [6, 6.07) is 3.71. The Morgan fingerprint density at radius 3 is 2.65 bits per heavy atom. The molecule has 0 radical (unpaired) electrons. The Morgan fingerprint density at radius 1 is 1.45 bits per heavy atom. The first kappa shape index (κ1) is 16.1. The zero-order valence-electron chi connectivity index (χ0n) is 11.0. The third-order valence-corrected chi connectivity index (χ3v) is 4.00. The van der Waals surface area contributed by atoms with Gasteiger partial charge in [0.25, 0.3) is 5.69 Å². The summed E-state index contributed by atoms with van der Waals surface area (Å²) in [7, 11) is -4.02. The summed E-state index contributed by atoms with van der Waals surface area (Å²) < 4.78 is 30.6. The first-order valence-electron chi connectivity index (χ1n) is 5.69. The van der Waals surface area contributed by atoms with Crippen molar-refractivity contribution in [1.82, 2.24) is 4.72 Å². The monoisotopic (exact) mass is 302 g/mol. The highest BCUT2D eigenvalue weighted by atomic mass is 32.2. The summed E-state index contributed by atoms with van der Waals surface area (Å²) in [5.41, 5.74) is -0.294. The van der Waals surface area contributed by atoms with E-state index in [2.05, 4.69) is 4.74 Å². The number of ether oxygens (including phenoxy) is 1. The molecule has 9 heteroatoms. The molecule has 0 bridgehead atoms. The normalized spacial score (nSPS) is 11.1. The van der Waals surface area contributed by atoms with E-state index in [0.29, 0.717) is 0 Å². The quantitative estimate of drug-likeness (QED) is 0.471. The average Bonchev–Trinajstić information content (AvgIpc) is 2.36. The van der Waals surface area contributed by atoms with Gasteiger partial charge < -0.3 is 4.74 Å². The highest BCUT2D eigenvalue weighted by molar-refractivity contribution is 7.89. The minimum atomic E-state index is -4.02. The van der Waals surface area contributed by atoms with E-state index in [0.717, 1.165) is 0 Å². The second kappa shape index (κ2) is 6.44. The van der Waals surface area contributed by atoms with Gasteiger partial charge in [0.2, 0.25) is 10.0 Å². The molecule has 0 saturated heterocycles. The van der Waals surface area contributed by atoms with Crippen LogP contribution in [-0.4, -0.2) is 32.5 Å². The van der Waals surface area contributed by atoms with Crippen LogP contribution in [0.1, 0.15) is 12.5 Å². The fraction of sp³-hybridized carbons (Fsp3) is 0.364. The fourth-order valence-electron chi connectivity index (χ4n) is 1.54. The molecule has 0 aromatic heterocycles. The van der Waals surface area contributed by atoms with Gasteiger partial charge in [-0.3, -0.25) is 14.9 Å². The average molecular weight is 302 g/mol. The lowest BCUT2D eigenvalue weighted by Gasteiger charge is -2.09. The van der Waals surface area contributed by atoms with Gasteiger partial charge in [0.1, 0.15) is 6.54 Å². The Hall–Kier alpha value is -2.00. The van der Waals surface area contributed by atoms with Crippen molar-refractivity contribution in [3.05, 3.63) is 33.9 Å². The van der Waals surface area contributed by atoms with Crippen molar-refractivity contribution in [3.8, 4) is 0 Å². The molecule has 110 valence electrons. The van der Waals surface area contributed by atoms with Gasteiger partial charge in [-0.05, 0) is 19.9 Å². The highest BCUT2D eigenvalue weighted by Gasteiger charge is 2.23. The molecular weight excluding hydrogens is 288 g/mol. The standard InChI is InChI=1S/C11H14N2O6S/c1-3-19-11(14)7-12-20(17,18)10-6-4-5-9(8(10)2)13(15)16/h4-6,12H,3,7H2,1-2H3. The van der Waals surface area contributed by atoms with E-state index in [1.165, 1.54) is 25.1 Å². The number of nitro groups is 1. The molecule has 1 aromatic carbocycles. The van der Waals surface area contributed by atoms with Gasteiger partial charge in [0.15, 0.2) is 0 Å². The summed E-state index contributed by atoms with van der Waals surface area (Å²) in [6.07, 6.45) is 0. The van der Waals surface area contributed by atoms with E-state index in [9.17, 15) is 23.3 Å². The SMILES string of the molecule is CCOC(=O)CNS(=O)(=O)c1cccc([N+](=O)[O-])c1C. The molecule has 20 heavy (non-hydrogen) atoms. The first-order valence-corrected chi connectivity index (χ1v) is 7.17. The molecule has 0 saturated carbocycles. The largest absolute Gasteiger partial charge is 0.465 e. The van der Waals surface area contributed by atoms with E-state index in [-0.39, 0.29) is 22.8 Å². The number of benzene rings is 1. The predicted octanol–water partition coefficient (Wildman–Crippen LogP) is 0.745. The second-order valence-corrected chi connectivity index (χ2v) is 5.52. The summed E-state index contributed by atoms with van der Waals surface area (Å²) >= 11 is 0. The van der Waals surface area contributed by atoms with Gasteiger partial charge in [-0.15, -0.1) is 0 Å². The van der Waals surface area contributed by atoms with E-state index in [1.807, 2.05) is 4.72 Å². The number of hydrogen-bond acceptors (Lipinski definition) is 6. The second-order valence-electron chi connectivity index (χ2n) is 3.79. The summed E-state index contributed by atoms with van der Waals surface area (Å²) in [5.74, 6) is -0.723. The lowest BCUT2D eigenvalue weighted by molar-refractivity contribution is -0.385. The number of nitro benzene ring substituents is 1. The van der Waals surface area contributed by atoms with E-state index >= 15 is 0 Å². The van der Waals surface area contributed by atoms with Crippen LogP contribution in [0.3, 0.4) is 0 Å². The van der Waals surface area contributed by atoms with Crippen molar-refractivity contribution in [3.63, 3.8) is 0 Å². The molecule has 0 heterocycles. The molecule has 1 rings (SSSR count). The van der Waals surface area contributed by atoms with E-state index in [1.54, 1.807) is 6.92 Å². The van der Waals surface area contributed by atoms with Crippen molar-refractivity contribution in [2.45, 2.75) is 18.7 Å². The van der Waals surface area contributed by atoms with Crippen molar-refractivity contribution in [2.24, 2.45) is 0 Å². The Kier molecular flexibility index (Phi) is 5.17. The molecule has 0 amide bonds. The maximum absolute atomic E-state index is 12.0. The van der Waals surface area contributed by atoms with Crippen LogP contribution in [0.15, 0.2) is 23.1 Å². The molecule has 0 aliphatic rings. The number of esters is 1. The van der Waals surface area contributed by atoms with Crippen LogP contribution in [0.2, 0.25) is 0 Å². The molecular formula is C11H14N2O6S. The lowest BCUT2D eigenvalue weighted by atomic mass is 10.2. The predicted molar refractivity (Wildman–Crippen MR) is 69.7 cm³/mol. The summed E-state index contributed by atoms with van der Waals surface area (Å²) in [5, 5.41) is 10.8. The van der Waals surface area contributed by atoms with Crippen LogP contribution in [0, 0.1) is 17.0 Å². The Morgan fingerprint density at radius 2 is 2.10 bits per heavy atom. The lowest BCUT2D eigenvalue weighted by Crippen LogP contribution is -2.31. The maximum Gasteiger partial charge on any atom is 0.321 e. The number of nitrogens with zero attached hydrogens (tertiary/aromatic N) is 1. The van der Waals surface area contributed by atoms with Crippen LogP contribution in [-0.2, 0) is 19.6 Å². The molecule has 0 unspecified atom stereocenters.